The van der Waals surface area contributed by atoms with Crippen LogP contribution in [-0.4, -0.2) is 38.0 Å². The molecule has 67 heavy (non-hydrogen) atoms. The molecule has 3 saturated carbocycles. The number of hydrogen-bond acceptors (Lipinski definition) is 10. The van der Waals surface area contributed by atoms with Crippen molar-refractivity contribution in [3.8, 4) is 24.5 Å². The standard InChI is InChI=1S/C15H25NO.C15H13NO.C12H21NO.C7H8.C4H7NO.C2H3NO.C2H6/c2*1-12-2-4-13(5-3-12)10-14-6-8-15(9-7-14)17-11-16;1-5-12(4)7-10(13-9-14)6-11(2,3)8-12;1-7-5-3-2-4-6-7;1-2-3-6-4-5;1-3-2-4;1-2/h12-15H,2-10H2,1H3;2-9H,10H2,1H3;10H,5-8H2,1-4H3;2-6H,1H3;2-3H2,1H3;1H3;1-2H3. The van der Waals surface area contributed by atoms with E-state index < -0.39 is 0 Å². The van der Waals surface area contributed by atoms with Crippen molar-refractivity contribution in [3.05, 3.63) is 101 Å². The second-order valence-electron chi connectivity index (χ2n) is 18.9. The van der Waals surface area contributed by atoms with Crippen LogP contribution in [0.4, 0.5) is 0 Å². The second kappa shape index (κ2) is 37.4. The molecule has 0 heterocycles. The number of carbonyl (C=O) groups excluding carboxylic acids is 2. The normalized spacial score (nSPS) is 21.6. The molecule has 0 saturated heterocycles. The van der Waals surface area contributed by atoms with Gasteiger partial charge in [-0.25, -0.2) is 19.6 Å². The molecular formula is C57H83N5O5. The average Bonchev–Trinajstić information content (AvgIpc) is 3.32. The fraction of sp³-hybridized carbons (Fsp3) is 0.596. The highest BCUT2D eigenvalue weighted by Crippen LogP contribution is 2.48. The Morgan fingerprint density at radius 2 is 1.21 bits per heavy atom. The first kappa shape index (κ1) is 61.3. The highest BCUT2D eigenvalue weighted by atomic mass is 16.5. The predicted octanol–water partition coefficient (Wildman–Crippen LogP) is 14.9. The number of hydrogen-bond donors (Lipinski definition) is 0. The van der Waals surface area contributed by atoms with Crippen molar-refractivity contribution in [1.82, 2.24) is 0 Å². The van der Waals surface area contributed by atoms with Crippen molar-refractivity contribution in [1.29, 1.82) is 15.8 Å². The molecule has 0 spiro atoms. The second-order valence-corrected chi connectivity index (χ2v) is 18.9. The topological polar surface area (TPSA) is 158 Å². The molecular weight excluding hydrogens is 835 g/mol. The molecule has 0 N–H and O–H groups in total. The molecule has 10 nitrogen and oxygen atoms in total. The van der Waals surface area contributed by atoms with Crippen LogP contribution in [-0.2, 0) is 25.5 Å². The van der Waals surface area contributed by atoms with E-state index in [9.17, 15) is 4.79 Å². The first-order valence-electron chi connectivity index (χ1n) is 24.5. The lowest BCUT2D eigenvalue weighted by molar-refractivity contribution is 0.0809. The molecule has 2 atom stereocenters. The molecule has 0 amide bonds. The number of aliphatic imine (C=N–C) groups is 2. The fourth-order valence-corrected chi connectivity index (χ4v) is 8.96. The molecule has 3 aliphatic rings. The number of nitrogens with zero attached hydrogens (tertiary/aromatic N) is 5. The maximum Gasteiger partial charge on any atom is 0.292 e. The summed E-state index contributed by atoms with van der Waals surface area (Å²) in [5.74, 6) is 3.45. The summed E-state index contributed by atoms with van der Waals surface area (Å²) in [6, 6.07) is 26.5. The largest absolute Gasteiger partial charge is 0.428 e. The van der Waals surface area contributed by atoms with Gasteiger partial charge in [0.15, 0.2) is 0 Å². The molecule has 3 fully saturated rings. The van der Waals surface area contributed by atoms with Crippen LogP contribution in [0.2, 0.25) is 0 Å². The first-order valence-corrected chi connectivity index (χ1v) is 24.5. The Hall–Kier alpha value is -5.71. The van der Waals surface area contributed by atoms with E-state index in [-0.39, 0.29) is 12.1 Å². The summed E-state index contributed by atoms with van der Waals surface area (Å²) in [6.45, 7) is 22.1. The molecule has 0 aromatic heterocycles. The summed E-state index contributed by atoms with van der Waals surface area (Å²) in [5.41, 5.74) is 5.75. The predicted molar refractivity (Wildman–Crippen MR) is 271 cm³/mol. The van der Waals surface area contributed by atoms with E-state index in [1.807, 2.05) is 69.5 Å². The number of aryl methyl sites for hydroxylation is 2. The molecule has 3 aliphatic carbocycles. The zero-order valence-corrected chi connectivity index (χ0v) is 43.0. The van der Waals surface area contributed by atoms with E-state index in [1.165, 1.54) is 93.2 Å². The Bertz CT molecular complexity index is 1920. The van der Waals surface area contributed by atoms with Gasteiger partial charge < -0.3 is 14.2 Å². The third-order valence-electron chi connectivity index (χ3n) is 12.3. The maximum atomic E-state index is 10.3. The van der Waals surface area contributed by atoms with Gasteiger partial charge in [0.2, 0.25) is 12.2 Å². The van der Waals surface area contributed by atoms with Crippen molar-refractivity contribution in [3.63, 3.8) is 0 Å². The molecule has 2 unspecified atom stereocenters. The smallest absolute Gasteiger partial charge is 0.292 e. The van der Waals surface area contributed by atoms with Gasteiger partial charge in [-0.2, -0.15) is 10.5 Å². The van der Waals surface area contributed by atoms with Crippen molar-refractivity contribution in [2.75, 3.05) is 13.7 Å². The number of benzene rings is 3. The lowest BCUT2D eigenvalue weighted by atomic mass is 9.62. The SMILES string of the molecule is CC.CC1CCC(CC2CCC(OC#N)CC2)CC1.CCC1(C)CC(N=C=O)CC(C)(C)C1.CCCOC#N.CN=C=O.Cc1ccc(Cc2ccc(OC#N)cc2)cc1.Cc1ccccc1. The highest BCUT2D eigenvalue weighted by molar-refractivity contribution is 5.34. The van der Waals surface area contributed by atoms with Gasteiger partial charge in [-0.05, 0) is 130 Å². The molecule has 0 radical (unpaired) electrons. The lowest BCUT2D eigenvalue weighted by Crippen LogP contribution is -2.37. The van der Waals surface area contributed by atoms with Gasteiger partial charge in [0, 0.05) is 7.05 Å². The van der Waals surface area contributed by atoms with Gasteiger partial charge in [-0.3, -0.25) is 0 Å². The van der Waals surface area contributed by atoms with Crippen LogP contribution in [0, 0.1) is 77.0 Å². The quantitative estimate of drug-likeness (QED) is 0.0841. The van der Waals surface area contributed by atoms with E-state index in [1.54, 1.807) is 18.6 Å². The van der Waals surface area contributed by atoms with Gasteiger partial charge in [0.1, 0.15) is 18.5 Å². The zero-order valence-electron chi connectivity index (χ0n) is 43.0. The Morgan fingerprint density at radius 1 is 0.687 bits per heavy atom. The molecule has 6 rings (SSSR count). The zero-order chi connectivity index (χ0) is 50.4. The molecule has 366 valence electrons. The van der Waals surface area contributed by atoms with Crippen LogP contribution >= 0.6 is 0 Å². The van der Waals surface area contributed by atoms with Crippen LogP contribution in [0.3, 0.4) is 0 Å². The monoisotopic (exact) mass is 918 g/mol. The minimum atomic E-state index is 0.196. The van der Waals surface area contributed by atoms with Crippen LogP contribution in [0.25, 0.3) is 0 Å². The number of isocyanates is 2. The van der Waals surface area contributed by atoms with Crippen LogP contribution in [0.5, 0.6) is 5.75 Å². The lowest BCUT2D eigenvalue weighted by Gasteiger charge is -2.44. The van der Waals surface area contributed by atoms with Gasteiger partial charge in [-0.1, -0.05) is 165 Å². The molecule has 0 bridgehead atoms. The van der Waals surface area contributed by atoms with Crippen molar-refractivity contribution >= 4 is 12.2 Å². The minimum absolute atomic E-state index is 0.196. The fourth-order valence-electron chi connectivity index (χ4n) is 8.96. The Balaban J connectivity index is 0.000000822. The minimum Gasteiger partial charge on any atom is -0.428 e. The van der Waals surface area contributed by atoms with Crippen molar-refractivity contribution in [2.45, 2.75) is 178 Å². The van der Waals surface area contributed by atoms with Crippen LogP contribution < -0.4 is 4.74 Å². The number of ether oxygens (including phenoxy) is 3. The van der Waals surface area contributed by atoms with E-state index >= 15 is 0 Å². The molecule has 3 aromatic carbocycles. The van der Waals surface area contributed by atoms with E-state index in [0.29, 0.717) is 23.2 Å². The maximum absolute atomic E-state index is 10.3. The summed E-state index contributed by atoms with van der Waals surface area (Å²) < 4.78 is 14.1. The molecule has 3 aromatic rings. The van der Waals surface area contributed by atoms with Crippen molar-refractivity contribution in [2.24, 2.45) is 38.6 Å². The summed E-state index contributed by atoms with van der Waals surface area (Å²) in [6.07, 6.45) is 26.6. The Morgan fingerprint density at radius 3 is 1.63 bits per heavy atom. The summed E-state index contributed by atoms with van der Waals surface area (Å²) in [7, 11) is 1.38. The van der Waals surface area contributed by atoms with Gasteiger partial charge in [0.05, 0.1) is 6.04 Å². The van der Waals surface area contributed by atoms with E-state index in [2.05, 4.69) is 99.6 Å². The summed E-state index contributed by atoms with van der Waals surface area (Å²) in [5, 5.41) is 24.6. The highest BCUT2D eigenvalue weighted by Gasteiger charge is 2.40. The molecule has 0 aliphatic heterocycles. The Kier molecular flexibility index (Phi) is 34.2. The molecule has 10 heteroatoms. The summed E-state index contributed by atoms with van der Waals surface area (Å²) in [4.78, 5) is 26.0. The number of nitriles is 3. The van der Waals surface area contributed by atoms with Gasteiger partial charge in [-0.15, -0.1) is 5.26 Å². The van der Waals surface area contributed by atoms with Gasteiger partial charge in [0.25, 0.3) is 18.8 Å². The summed E-state index contributed by atoms with van der Waals surface area (Å²) >= 11 is 0. The van der Waals surface area contributed by atoms with Crippen LogP contribution in [0.1, 0.15) is 168 Å². The van der Waals surface area contributed by atoms with E-state index in [4.69, 9.17) is 30.1 Å². The van der Waals surface area contributed by atoms with E-state index in [0.717, 1.165) is 56.3 Å². The van der Waals surface area contributed by atoms with Gasteiger partial charge >= 0.3 is 0 Å². The third kappa shape index (κ3) is 30.3. The third-order valence-corrected chi connectivity index (χ3v) is 12.3. The first-order chi connectivity index (χ1) is 32.2. The Labute approximate surface area is 405 Å². The number of rotatable bonds is 10. The van der Waals surface area contributed by atoms with Crippen molar-refractivity contribution < 1.29 is 23.8 Å². The average molecular weight is 918 g/mol. The van der Waals surface area contributed by atoms with Crippen LogP contribution in [0.15, 0.2) is 88.8 Å².